The molecule has 0 N–H and O–H groups in total. The Morgan fingerprint density at radius 1 is 1.00 bits per heavy atom. The van der Waals surface area contributed by atoms with E-state index < -0.39 is 0 Å². The predicted molar refractivity (Wildman–Crippen MR) is 117 cm³/mol. The van der Waals surface area contributed by atoms with Crippen LogP contribution in [-0.2, 0) is 13.1 Å². The van der Waals surface area contributed by atoms with E-state index in [9.17, 15) is 4.79 Å². The quantitative estimate of drug-likeness (QED) is 0.306. The summed E-state index contributed by atoms with van der Waals surface area (Å²) in [6, 6.07) is 16.0. The average Bonchev–Trinajstić information content (AvgIpc) is 3.45. The maximum Gasteiger partial charge on any atom is 0.191 e. The molecule has 0 unspecified atom stereocenters. The van der Waals surface area contributed by atoms with E-state index in [0.29, 0.717) is 18.8 Å². The fourth-order valence-corrected chi connectivity index (χ4v) is 4.38. The molecule has 6 nitrogen and oxygen atoms in total. The molecule has 3 aromatic heterocycles. The van der Waals surface area contributed by atoms with Gasteiger partial charge in [0.05, 0.1) is 25.1 Å². The summed E-state index contributed by atoms with van der Waals surface area (Å²) >= 11 is 1.43. The minimum Gasteiger partial charge on any atom is -0.467 e. The van der Waals surface area contributed by atoms with Gasteiger partial charge in [0.1, 0.15) is 11.6 Å². The number of Topliss-reactive ketones (excluding diaryl/α,β-unsaturated/α-hetero) is 1. The SMILES string of the molecule is Cc1cc(C(=O)CSc2nnc(C)n2Cc2ccccc2)c(C)n1Cc1ccco1. The molecule has 154 valence electrons. The molecule has 0 spiro atoms. The number of aromatic nitrogens is 4. The van der Waals surface area contributed by atoms with Crippen LogP contribution >= 0.6 is 11.8 Å². The van der Waals surface area contributed by atoms with Gasteiger partial charge in [-0.15, -0.1) is 10.2 Å². The Labute approximate surface area is 179 Å². The molecule has 4 aromatic rings. The fraction of sp³-hybridized carbons (Fsp3) is 0.261. The van der Waals surface area contributed by atoms with Crippen LogP contribution in [0.15, 0.2) is 64.4 Å². The molecule has 0 atom stereocenters. The molecule has 0 fully saturated rings. The first kappa shape index (κ1) is 20.2. The number of hydrogen-bond acceptors (Lipinski definition) is 5. The van der Waals surface area contributed by atoms with Gasteiger partial charge in [0, 0.05) is 17.0 Å². The second-order valence-corrected chi connectivity index (χ2v) is 8.21. The van der Waals surface area contributed by atoms with Gasteiger partial charge in [0.25, 0.3) is 0 Å². The maximum atomic E-state index is 13.0. The van der Waals surface area contributed by atoms with Crippen molar-refractivity contribution < 1.29 is 9.21 Å². The van der Waals surface area contributed by atoms with E-state index in [1.807, 2.05) is 61.7 Å². The summed E-state index contributed by atoms with van der Waals surface area (Å²) in [5.41, 5.74) is 3.92. The highest BCUT2D eigenvalue weighted by atomic mass is 32.2. The number of furan rings is 1. The van der Waals surface area contributed by atoms with Crippen molar-refractivity contribution in [2.75, 3.05) is 5.75 Å². The lowest BCUT2D eigenvalue weighted by Gasteiger charge is -2.09. The van der Waals surface area contributed by atoms with Crippen LogP contribution in [0.2, 0.25) is 0 Å². The third-order valence-corrected chi connectivity index (χ3v) is 6.15. The Kier molecular flexibility index (Phi) is 5.90. The van der Waals surface area contributed by atoms with Crippen molar-refractivity contribution in [3.63, 3.8) is 0 Å². The third kappa shape index (κ3) is 4.26. The summed E-state index contributed by atoms with van der Waals surface area (Å²) < 4.78 is 9.62. The maximum absolute atomic E-state index is 13.0. The first-order valence-corrected chi connectivity index (χ1v) is 10.8. The lowest BCUT2D eigenvalue weighted by atomic mass is 10.2. The van der Waals surface area contributed by atoms with Crippen LogP contribution in [0.4, 0.5) is 0 Å². The standard InChI is InChI=1S/C23H24N4O2S/c1-16-12-21(17(2)26(16)14-20-10-7-11-29-20)22(28)15-30-23-25-24-18(3)27(23)13-19-8-5-4-6-9-19/h4-12H,13-15H2,1-3H3. The molecule has 0 aliphatic rings. The lowest BCUT2D eigenvalue weighted by Crippen LogP contribution is -2.09. The summed E-state index contributed by atoms with van der Waals surface area (Å²) in [7, 11) is 0. The van der Waals surface area contributed by atoms with Gasteiger partial charge in [-0.05, 0) is 44.5 Å². The highest BCUT2D eigenvalue weighted by Gasteiger charge is 2.18. The molecular weight excluding hydrogens is 396 g/mol. The van der Waals surface area contributed by atoms with Gasteiger partial charge in [-0.25, -0.2) is 0 Å². The number of carbonyl (C=O) groups excluding carboxylic acids is 1. The largest absolute Gasteiger partial charge is 0.467 e. The normalized spacial score (nSPS) is 11.2. The van der Waals surface area contributed by atoms with Crippen LogP contribution in [0.3, 0.4) is 0 Å². The van der Waals surface area contributed by atoms with Gasteiger partial charge in [-0.3, -0.25) is 4.79 Å². The number of aryl methyl sites for hydroxylation is 2. The average molecular weight is 421 g/mol. The predicted octanol–water partition coefficient (Wildman–Crippen LogP) is 4.67. The van der Waals surface area contributed by atoms with E-state index in [-0.39, 0.29) is 5.78 Å². The molecule has 0 saturated carbocycles. The van der Waals surface area contributed by atoms with Crippen LogP contribution in [0.5, 0.6) is 0 Å². The zero-order chi connectivity index (χ0) is 21.1. The summed E-state index contributed by atoms with van der Waals surface area (Å²) in [5.74, 6) is 2.11. The second-order valence-electron chi connectivity index (χ2n) is 7.26. The van der Waals surface area contributed by atoms with Crippen molar-refractivity contribution in [2.45, 2.75) is 39.0 Å². The van der Waals surface area contributed by atoms with Crippen LogP contribution < -0.4 is 0 Å². The number of ketones is 1. The topological polar surface area (TPSA) is 65.8 Å². The van der Waals surface area contributed by atoms with Crippen molar-refractivity contribution in [3.8, 4) is 0 Å². The van der Waals surface area contributed by atoms with Crippen LogP contribution in [0.25, 0.3) is 0 Å². The highest BCUT2D eigenvalue weighted by Crippen LogP contribution is 2.23. The van der Waals surface area contributed by atoms with Crippen molar-refractivity contribution in [3.05, 3.63) is 88.9 Å². The van der Waals surface area contributed by atoms with Crippen molar-refractivity contribution in [1.82, 2.24) is 19.3 Å². The smallest absolute Gasteiger partial charge is 0.191 e. The number of hydrogen-bond donors (Lipinski definition) is 0. The molecule has 0 bridgehead atoms. The van der Waals surface area contributed by atoms with Gasteiger partial charge in [-0.1, -0.05) is 42.1 Å². The van der Waals surface area contributed by atoms with Crippen molar-refractivity contribution >= 4 is 17.5 Å². The summed E-state index contributed by atoms with van der Waals surface area (Å²) in [6.07, 6.45) is 1.67. The van der Waals surface area contributed by atoms with Crippen molar-refractivity contribution in [1.29, 1.82) is 0 Å². The molecule has 0 amide bonds. The monoisotopic (exact) mass is 420 g/mol. The summed E-state index contributed by atoms with van der Waals surface area (Å²) in [5, 5.41) is 9.24. The molecule has 1 aromatic carbocycles. The van der Waals surface area contributed by atoms with E-state index in [1.165, 1.54) is 17.3 Å². The minimum absolute atomic E-state index is 0.0886. The molecule has 30 heavy (non-hydrogen) atoms. The molecule has 0 saturated heterocycles. The molecule has 3 heterocycles. The van der Waals surface area contributed by atoms with Crippen molar-refractivity contribution in [2.24, 2.45) is 0 Å². The van der Waals surface area contributed by atoms with Crippen LogP contribution in [-0.4, -0.2) is 30.9 Å². The molecule has 0 aliphatic carbocycles. The Hall–Kier alpha value is -3.06. The van der Waals surface area contributed by atoms with Gasteiger partial charge >= 0.3 is 0 Å². The molecule has 4 rings (SSSR count). The Morgan fingerprint density at radius 3 is 2.53 bits per heavy atom. The third-order valence-electron chi connectivity index (χ3n) is 5.19. The molecule has 0 radical (unpaired) electrons. The molecule has 7 heteroatoms. The fourth-order valence-electron chi connectivity index (χ4n) is 3.51. The Morgan fingerprint density at radius 2 is 1.80 bits per heavy atom. The van der Waals surface area contributed by atoms with E-state index in [0.717, 1.165) is 33.7 Å². The van der Waals surface area contributed by atoms with Gasteiger partial charge in [-0.2, -0.15) is 0 Å². The molecule has 0 aliphatic heterocycles. The number of benzene rings is 1. The van der Waals surface area contributed by atoms with E-state index in [1.54, 1.807) is 6.26 Å². The number of rotatable bonds is 8. The summed E-state index contributed by atoms with van der Waals surface area (Å²) in [4.78, 5) is 13.0. The number of nitrogens with zero attached hydrogens (tertiary/aromatic N) is 4. The first-order chi connectivity index (χ1) is 14.5. The number of carbonyl (C=O) groups is 1. The van der Waals surface area contributed by atoms with Crippen LogP contribution in [0, 0.1) is 20.8 Å². The number of thioether (sulfide) groups is 1. The van der Waals surface area contributed by atoms with E-state index >= 15 is 0 Å². The first-order valence-electron chi connectivity index (χ1n) is 9.81. The highest BCUT2D eigenvalue weighted by molar-refractivity contribution is 7.99. The zero-order valence-corrected chi connectivity index (χ0v) is 18.1. The van der Waals surface area contributed by atoms with E-state index in [2.05, 4.69) is 26.9 Å². The lowest BCUT2D eigenvalue weighted by molar-refractivity contribution is 0.102. The van der Waals surface area contributed by atoms with Crippen LogP contribution in [0.1, 0.15) is 38.9 Å². The van der Waals surface area contributed by atoms with Gasteiger partial charge in [0.15, 0.2) is 10.9 Å². The van der Waals surface area contributed by atoms with Gasteiger partial charge < -0.3 is 13.6 Å². The second kappa shape index (κ2) is 8.75. The van der Waals surface area contributed by atoms with E-state index in [4.69, 9.17) is 4.42 Å². The Balaban J connectivity index is 1.47. The molecular formula is C23H24N4O2S. The minimum atomic E-state index is 0.0886. The summed E-state index contributed by atoms with van der Waals surface area (Å²) in [6.45, 7) is 7.24. The van der Waals surface area contributed by atoms with Gasteiger partial charge in [0.2, 0.25) is 0 Å². The zero-order valence-electron chi connectivity index (χ0n) is 17.3. The Bertz CT molecular complexity index is 1140.